The molecule has 0 spiro atoms. The molecule has 5 N–H and O–H groups in total. The van der Waals surface area contributed by atoms with Gasteiger partial charge in [-0.25, -0.2) is 4.79 Å². The van der Waals surface area contributed by atoms with Gasteiger partial charge in [0.15, 0.2) is 0 Å². The number of hydrogen-bond acceptors (Lipinski definition) is 3. The second kappa shape index (κ2) is 7.08. The molecule has 0 aromatic heterocycles. The molecule has 1 atom stereocenters. The van der Waals surface area contributed by atoms with E-state index in [9.17, 15) is 9.59 Å². The predicted molar refractivity (Wildman–Crippen MR) is 80.5 cm³/mol. The van der Waals surface area contributed by atoms with E-state index in [1.54, 1.807) is 0 Å². The second-order valence-corrected chi connectivity index (χ2v) is 5.41. The van der Waals surface area contributed by atoms with Gasteiger partial charge < -0.3 is 21.7 Å². The van der Waals surface area contributed by atoms with E-state index in [2.05, 4.69) is 5.32 Å². The van der Waals surface area contributed by atoms with Crippen LogP contribution in [0.25, 0.3) is 0 Å². The van der Waals surface area contributed by atoms with Crippen molar-refractivity contribution in [2.45, 2.75) is 19.4 Å². The zero-order valence-electron chi connectivity index (χ0n) is 12.0. The fraction of sp³-hybridized carbons (Fsp3) is 0.467. The minimum atomic E-state index is -0.518. The molecule has 1 aromatic rings. The van der Waals surface area contributed by atoms with Crippen molar-refractivity contribution in [1.82, 2.24) is 10.2 Å². The molecule has 1 aliphatic rings. The number of nitrogens with zero attached hydrogens (tertiary/aromatic N) is 1. The van der Waals surface area contributed by atoms with Crippen molar-refractivity contribution in [3.8, 4) is 0 Å². The maximum atomic E-state index is 12.5. The van der Waals surface area contributed by atoms with Crippen molar-refractivity contribution in [1.29, 1.82) is 0 Å². The Hall–Kier alpha value is -2.08. The van der Waals surface area contributed by atoms with Crippen LogP contribution < -0.4 is 16.8 Å². The summed E-state index contributed by atoms with van der Waals surface area (Å²) in [6, 6.07) is 6.87. The van der Waals surface area contributed by atoms with Crippen molar-refractivity contribution < 1.29 is 9.59 Å². The molecule has 1 heterocycles. The van der Waals surface area contributed by atoms with Crippen molar-refractivity contribution in [2.75, 3.05) is 19.6 Å². The van der Waals surface area contributed by atoms with E-state index < -0.39 is 6.03 Å². The second-order valence-electron chi connectivity index (χ2n) is 5.41. The summed E-state index contributed by atoms with van der Waals surface area (Å²) in [5.41, 5.74) is 12.3. The molecule has 1 fully saturated rings. The summed E-state index contributed by atoms with van der Waals surface area (Å²) in [6.07, 6.45) is 1.94. The minimum Gasteiger partial charge on any atom is -0.352 e. The average Bonchev–Trinajstić information content (AvgIpc) is 2.52. The van der Waals surface area contributed by atoms with Crippen LogP contribution in [0.1, 0.15) is 28.8 Å². The molecule has 0 bridgehead atoms. The van der Waals surface area contributed by atoms with Crippen molar-refractivity contribution in [2.24, 2.45) is 17.4 Å². The molecule has 114 valence electrons. The lowest BCUT2D eigenvalue weighted by atomic mass is 9.97. The Bertz CT molecular complexity index is 501. The Kier molecular flexibility index (Phi) is 5.16. The summed E-state index contributed by atoms with van der Waals surface area (Å²) in [5, 5.41) is 2.62. The van der Waals surface area contributed by atoms with E-state index >= 15 is 0 Å². The van der Waals surface area contributed by atoms with Gasteiger partial charge in [-0.15, -0.1) is 0 Å². The van der Waals surface area contributed by atoms with Crippen LogP contribution in [0.4, 0.5) is 4.79 Å². The lowest BCUT2D eigenvalue weighted by Gasteiger charge is -2.32. The van der Waals surface area contributed by atoms with E-state index in [1.807, 2.05) is 29.2 Å². The Labute approximate surface area is 124 Å². The highest BCUT2D eigenvalue weighted by atomic mass is 16.2. The first-order valence-corrected chi connectivity index (χ1v) is 7.21. The number of likely N-dealkylation sites (tertiary alicyclic amines) is 1. The summed E-state index contributed by atoms with van der Waals surface area (Å²) in [5.74, 6) is 0.292. The highest BCUT2D eigenvalue weighted by Gasteiger charge is 2.24. The number of amides is 3. The van der Waals surface area contributed by atoms with Crippen LogP contribution in [-0.2, 0) is 6.54 Å². The van der Waals surface area contributed by atoms with Crippen LogP contribution in [0.3, 0.4) is 0 Å². The van der Waals surface area contributed by atoms with E-state index in [0.717, 1.165) is 24.9 Å². The molecule has 1 unspecified atom stereocenters. The number of rotatable bonds is 4. The monoisotopic (exact) mass is 290 g/mol. The molecule has 0 radical (unpaired) electrons. The summed E-state index contributed by atoms with van der Waals surface area (Å²) < 4.78 is 0. The number of urea groups is 1. The zero-order chi connectivity index (χ0) is 15.2. The van der Waals surface area contributed by atoms with Gasteiger partial charge in [0, 0.05) is 31.7 Å². The fourth-order valence-corrected chi connectivity index (χ4v) is 2.63. The third-order valence-corrected chi connectivity index (χ3v) is 3.81. The van der Waals surface area contributed by atoms with Crippen LogP contribution >= 0.6 is 0 Å². The van der Waals surface area contributed by atoms with Gasteiger partial charge in [0.05, 0.1) is 0 Å². The number of nitrogens with two attached hydrogens (primary N) is 2. The molecule has 1 aromatic carbocycles. The molecule has 0 aliphatic carbocycles. The first-order chi connectivity index (χ1) is 10.1. The normalized spacial score (nSPS) is 18.3. The molecule has 6 nitrogen and oxygen atoms in total. The number of hydrogen-bond donors (Lipinski definition) is 3. The summed E-state index contributed by atoms with van der Waals surface area (Å²) >= 11 is 0. The van der Waals surface area contributed by atoms with Gasteiger partial charge in [0.2, 0.25) is 0 Å². The maximum absolute atomic E-state index is 12.5. The van der Waals surface area contributed by atoms with Crippen molar-refractivity contribution >= 4 is 11.9 Å². The van der Waals surface area contributed by atoms with Crippen LogP contribution in [0, 0.1) is 5.92 Å². The Morgan fingerprint density at radius 1 is 1.29 bits per heavy atom. The van der Waals surface area contributed by atoms with Gasteiger partial charge in [-0.1, -0.05) is 12.1 Å². The van der Waals surface area contributed by atoms with Gasteiger partial charge in [-0.3, -0.25) is 4.79 Å². The molecule has 21 heavy (non-hydrogen) atoms. The molecule has 3 amide bonds. The highest BCUT2D eigenvalue weighted by molar-refractivity contribution is 5.94. The van der Waals surface area contributed by atoms with Gasteiger partial charge in [-0.2, -0.15) is 0 Å². The van der Waals surface area contributed by atoms with Gasteiger partial charge in [0.1, 0.15) is 0 Å². The Balaban J connectivity index is 1.96. The number of carbonyl (C=O) groups is 2. The first kappa shape index (κ1) is 15.3. The molecule has 0 saturated carbocycles. The largest absolute Gasteiger partial charge is 0.352 e. The predicted octanol–water partition coefficient (Wildman–Crippen LogP) is 0.666. The maximum Gasteiger partial charge on any atom is 0.312 e. The van der Waals surface area contributed by atoms with Crippen molar-refractivity contribution in [3.05, 3.63) is 35.4 Å². The number of piperidine rings is 1. The van der Waals surface area contributed by atoms with Crippen molar-refractivity contribution in [3.63, 3.8) is 0 Å². The van der Waals surface area contributed by atoms with Gasteiger partial charge >= 0.3 is 6.03 Å². The lowest BCUT2D eigenvalue weighted by Crippen LogP contribution is -2.44. The molecular weight excluding hydrogens is 268 g/mol. The molecule has 1 aliphatic heterocycles. The summed E-state index contributed by atoms with van der Waals surface area (Å²) in [4.78, 5) is 25.1. The molecule has 6 heteroatoms. The molecular formula is C15H22N4O2. The lowest BCUT2D eigenvalue weighted by molar-refractivity contribution is 0.0675. The van der Waals surface area contributed by atoms with Crippen LogP contribution in [0.2, 0.25) is 0 Å². The number of benzene rings is 1. The molecule has 1 saturated heterocycles. The SMILES string of the molecule is NCc1ccc(C(=O)N2CCCC(CNC(N)=O)C2)cc1. The molecule has 2 rings (SSSR count). The number of carbonyl (C=O) groups excluding carboxylic acids is 2. The van der Waals surface area contributed by atoms with Crippen LogP contribution in [0.15, 0.2) is 24.3 Å². The third-order valence-electron chi connectivity index (χ3n) is 3.81. The summed E-state index contributed by atoms with van der Waals surface area (Å²) in [6.45, 7) is 2.40. The highest BCUT2D eigenvalue weighted by Crippen LogP contribution is 2.18. The Morgan fingerprint density at radius 2 is 2.00 bits per heavy atom. The topological polar surface area (TPSA) is 101 Å². The fourth-order valence-electron chi connectivity index (χ4n) is 2.63. The van der Waals surface area contributed by atoms with E-state index in [4.69, 9.17) is 11.5 Å². The number of nitrogens with one attached hydrogen (secondary N) is 1. The standard InChI is InChI=1S/C15H22N4O2/c16-8-11-3-5-13(6-4-11)14(20)19-7-1-2-12(10-19)9-18-15(17)21/h3-6,12H,1-2,7-10,16H2,(H3,17,18,21). The zero-order valence-corrected chi connectivity index (χ0v) is 12.0. The smallest absolute Gasteiger partial charge is 0.312 e. The van der Waals surface area contributed by atoms with E-state index in [1.165, 1.54) is 0 Å². The van der Waals surface area contributed by atoms with E-state index in [-0.39, 0.29) is 11.8 Å². The van der Waals surface area contributed by atoms with E-state index in [0.29, 0.717) is 25.2 Å². The minimum absolute atomic E-state index is 0.0300. The quantitative estimate of drug-likeness (QED) is 0.759. The van der Waals surface area contributed by atoms with Gasteiger partial charge in [0.25, 0.3) is 5.91 Å². The Morgan fingerprint density at radius 3 is 2.62 bits per heavy atom. The first-order valence-electron chi connectivity index (χ1n) is 7.21. The number of primary amides is 1. The third kappa shape index (κ3) is 4.19. The van der Waals surface area contributed by atoms with Gasteiger partial charge in [-0.05, 0) is 36.5 Å². The summed E-state index contributed by atoms with van der Waals surface area (Å²) in [7, 11) is 0. The van der Waals surface area contributed by atoms with Crippen LogP contribution in [-0.4, -0.2) is 36.5 Å². The van der Waals surface area contributed by atoms with Crippen LogP contribution in [0.5, 0.6) is 0 Å². The average molecular weight is 290 g/mol.